The summed E-state index contributed by atoms with van der Waals surface area (Å²) in [6.07, 6.45) is 0. The number of amides is 3. The van der Waals surface area contributed by atoms with Gasteiger partial charge in [-0.15, -0.1) is 0 Å². The highest BCUT2D eigenvalue weighted by molar-refractivity contribution is 5.95. The molecule has 20 heavy (non-hydrogen) atoms. The van der Waals surface area contributed by atoms with Crippen LogP contribution in [0.1, 0.15) is 6.92 Å². The second-order valence-corrected chi connectivity index (χ2v) is 5.55. The van der Waals surface area contributed by atoms with Crippen LogP contribution in [0.3, 0.4) is 0 Å². The predicted octanol–water partition coefficient (Wildman–Crippen LogP) is -1.00. The summed E-state index contributed by atoms with van der Waals surface area (Å²) in [5.74, 6) is 1.01. The second kappa shape index (κ2) is 7.01. The molecule has 2 heterocycles. The van der Waals surface area contributed by atoms with Crippen LogP contribution in [-0.4, -0.2) is 69.3 Å². The van der Waals surface area contributed by atoms with E-state index in [1.165, 1.54) is 0 Å². The van der Waals surface area contributed by atoms with E-state index in [1.807, 2.05) is 0 Å². The first-order valence-corrected chi connectivity index (χ1v) is 7.13. The van der Waals surface area contributed by atoms with E-state index in [0.717, 1.165) is 19.6 Å². The van der Waals surface area contributed by atoms with Crippen molar-refractivity contribution in [2.24, 2.45) is 11.8 Å². The molecule has 2 saturated heterocycles. The molecule has 0 saturated carbocycles. The monoisotopic (exact) mass is 284 g/mol. The predicted molar refractivity (Wildman–Crippen MR) is 74.3 cm³/mol. The van der Waals surface area contributed by atoms with Crippen molar-refractivity contribution in [3.8, 4) is 0 Å². The zero-order chi connectivity index (χ0) is 14.5. The molecule has 3 atom stereocenters. The smallest absolute Gasteiger partial charge is 0.321 e. The molecule has 0 aromatic carbocycles. The highest BCUT2D eigenvalue weighted by atomic mass is 16.5. The molecule has 2 fully saturated rings. The lowest BCUT2D eigenvalue weighted by molar-refractivity contribution is -0.121. The van der Waals surface area contributed by atoms with Crippen molar-refractivity contribution < 1.29 is 14.3 Å². The molecule has 0 aliphatic carbocycles. The molecule has 3 N–H and O–H groups in total. The number of carbonyl (C=O) groups is 2. The first kappa shape index (κ1) is 15.2. The fraction of sp³-hybridized carbons (Fsp3) is 0.846. The number of methoxy groups -OCH3 is 1. The highest BCUT2D eigenvalue weighted by Crippen LogP contribution is 2.31. The third-order valence-corrected chi connectivity index (χ3v) is 4.25. The van der Waals surface area contributed by atoms with Gasteiger partial charge in [0.05, 0.1) is 13.2 Å². The van der Waals surface area contributed by atoms with E-state index in [9.17, 15) is 9.59 Å². The third kappa shape index (κ3) is 3.68. The zero-order valence-corrected chi connectivity index (χ0v) is 12.1. The van der Waals surface area contributed by atoms with Gasteiger partial charge in [0.2, 0.25) is 5.91 Å². The summed E-state index contributed by atoms with van der Waals surface area (Å²) < 4.78 is 4.82. The Labute approximate surface area is 119 Å². The fourth-order valence-electron chi connectivity index (χ4n) is 3.13. The van der Waals surface area contributed by atoms with E-state index in [0.29, 0.717) is 31.0 Å². The van der Waals surface area contributed by atoms with Crippen molar-refractivity contribution in [3.05, 3.63) is 0 Å². The quantitative estimate of drug-likeness (QED) is 0.564. The van der Waals surface area contributed by atoms with Crippen LogP contribution in [0.5, 0.6) is 0 Å². The first-order valence-electron chi connectivity index (χ1n) is 7.13. The van der Waals surface area contributed by atoms with Gasteiger partial charge in [0.15, 0.2) is 0 Å². The average molecular weight is 284 g/mol. The molecule has 0 spiro atoms. The van der Waals surface area contributed by atoms with Crippen LogP contribution in [0, 0.1) is 11.8 Å². The number of fused-ring (bicyclic) bond motifs is 1. The number of ether oxygens (including phenoxy) is 1. The van der Waals surface area contributed by atoms with Gasteiger partial charge in [0.25, 0.3) is 0 Å². The number of hydrogen-bond donors (Lipinski definition) is 3. The van der Waals surface area contributed by atoms with Gasteiger partial charge < -0.3 is 15.4 Å². The van der Waals surface area contributed by atoms with Crippen molar-refractivity contribution in [1.29, 1.82) is 0 Å². The second-order valence-electron chi connectivity index (χ2n) is 5.55. The lowest BCUT2D eigenvalue weighted by Gasteiger charge is -2.23. The van der Waals surface area contributed by atoms with E-state index in [2.05, 4.69) is 27.8 Å². The van der Waals surface area contributed by atoms with Crippen molar-refractivity contribution in [1.82, 2.24) is 20.9 Å². The SMILES string of the molecule is COCCNC(=O)NC(=O)CN1CC2CNCC2C1C. The minimum absolute atomic E-state index is 0.250. The van der Waals surface area contributed by atoms with Crippen molar-refractivity contribution >= 4 is 11.9 Å². The molecule has 0 aromatic heterocycles. The molecule has 3 unspecified atom stereocenters. The van der Waals surface area contributed by atoms with E-state index in [-0.39, 0.29) is 12.5 Å². The van der Waals surface area contributed by atoms with Crippen LogP contribution in [-0.2, 0) is 9.53 Å². The van der Waals surface area contributed by atoms with Crippen molar-refractivity contribution in [3.63, 3.8) is 0 Å². The molecule has 0 bridgehead atoms. The third-order valence-electron chi connectivity index (χ3n) is 4.25. The van der Waals surface area contributed by atoms with Crippen LogP contribution >= 0.6 is 0 Å². The maximum atomic E-state index is 11.8. The Kier molecular flexibility index (Phi) is 5.33. The number of rotatable bonds is 5. The van der Waals surface area contributed by atoms with Crippen LogP contribution in [0.15, 0.2) is 0 Å². The van der Waals surface area contributed by atoms with E-state index >= 15 is 0 Å². The van der Waals surface area contributed by atoms with Gasteiger partial charge in [-0.1, -0.05) is 0 Å². The molecule has 2 aliphatic heterocycles. The van der Waals surface area contributed by atoms with Gasteiger partial charge in [-0.25, -0.2) is 4.79 Å². The summed E-state index contributed by atoms with van der Waals surface area (Å²) >= 11 is 0. The molecule has 114 valence electrons. The Morgan fingerprint density at radius 2 is 2.20 bits per heavy atom. The number of urea groups is 1. The lowest BCUT2D eigenvalue weighted by Crippen LogP contribution is -2.46. The Morgan fingerprint density at radius 1 is 1.40 bits per heavy atom. The Balaban J connectivity index is 1.71. The van der Waals surface area contributed by atoms with Gasteiger partial charge in [-0.3, -0.25) is 15.0 Å². The Bertz CT molecular complexity index is 364. The molecule has 2 rings (SSSR count). The minimum Gasteiger partial charge on any atom is -0.383 e. The summed E-state index contributed by atoms with van der Waals surface area (Å²) in [7, 11) is 1.56. The maximum absolute atomic E-state index is 11.8. The summed E-state index contributed by atoms with van der Waals surface area (Å²) in [6.45, 7) is 6.26. The highest BCUT2D eigenvalue weighted by Gasteiger charge is 2.42. The van der Waals surface area contributed by atoms with E-state index in [4.69, 9.17) is 4.74 Å². The number of likely N-dealkylation sites (tertiary alicyclic amines) is 1. The van der Waals surface area contributed by atoms with Crippen LogP contribution < -0.4 is 16.0 Å². The summed E-state index contributed by atoms with van der Waals surface area (Å²) in [6, 6.07) is -0.0712. The number of hydrogen-bond acceptors (Lipinski definition) is 5. The van der Waals surface area contributed by atoms with Crippen LogP contribution in [0.2, 0.25) is 0 Å². The van der Waals surface area contributed by atoms with Crippen LogP contribution in [0.4, 0.5) is 4.79 Å². The number of carbonyl (C=O) groups excluding carboxylic acids is 2. The minimum atomic E-state index is -0.458. The Morgan fingerprint density at radius 3 is 2.90 bits per heavy atom. The topological polar surface area (TPSA) is 82.7 Å². The van der Waals surface area contributed by atoms with Gasteiger partial charge in [0, 0.05) is 26.2 Å². The van der Waals surface area contributed by atoms with Gasteiger partial charge in [-0.2, -0.15) is 0 Å². The van der Waals surface area contributed by atoms with Gasteiger partial charge in [0.1, 0.15) is 0 Å². The van der Waals surface area contributed by atoms with Gasteiger partial charge >= 0.3 is 6.03 Å². The molecule has 2 aliphatic rings. The van der Waals surface area contributed by atoms with Gasteiger partial charge in [-0.05, 0) is 31.8 Å². The number of nitrogens with one attached hydrogen (secondary N) is 3. The number of imide groups is 1. The number of nitrogens with zero attached hydrogens (tertiary/aromatic N) is 1. The Hall–Kier alpha value is -1.18. The molecule has 7 heteroatoms. The lowest BCUT2D eigenvalue weighted by atomic mass is 9.95. The average Bonchev–Trinajstić information content (AvgIpc) is 2.94. The maximum Gasteiger partial charge on any atom is 0.321 e. The summed E-state index contributed by atoms with van der Waals surface area (Å²) in [5, 5.41) is 8.30. The standard InChI is InChI=1S/C13H24N4O3/c1-9-11-6-14-5-10(11)7-17(9)8-12(18)16-13(19)15-3-4-20-2/h9-11,14H,3-8H2,1-2H3,(H2,15,16,18,19). The largest absolute Gasteiger partial charge is 0.383 e. The fourth-order valence-corrected chi connectivity index (χ4v) is 3.13. The molecular formula is C13H24N4O3. The van der Waals surface area contributed by atoms with Crippen LogP contribution in [0.25, 0.3) is 0 Å². The normalized spacial score (nSPS) is 29.2. The molecule has 3 amide bonds. The van der Waals surface area contributed by atoms with E-state index < -0.39 is 6.03 Å². The summed E-state index contributed by atoms with van der Waals surface area (Å²) in [5.41, 5.74) is 0. The zero-order valence-electron chi connectivity index (χ0n) is 12.1. The molecule has 0 aromatic rings. The first-order chi connectivity index (χ1) is 9.61. The molecule has 0 radical (unpaired) electrons. The summed E-state index contributed by atoms with van der Waals surface area (Å²) in [4.78, 5) is 25.5. The van der Waals surface area contributed by atoms with Crippen molar-refractivity contribution in [2.45, 2.75) is 13.0 Å². The van der Waals surface area contributed by atoms with Crippen molar-refractivity contribution in [2.75, 3.05) is 46.4 Å². The van der Waals surface area contributed by atoms with E-state index in [1.54, 1.807) is 7.11 Å². The molecule has 7 nitrogen and oxygen atoms in total. The molecular weight excluding hydrogens is 260 g/mol.